The first-order chi connectivity index (χ1) is 14.0. The molecule has 2 unspecified atom stereocenters. The third-order valence-corrected chi connectivity index (χ3v) is 4.66. The van der Waals surface area contributed by atoms with Crippen molar-refractivity contribution >= 4 is 5.91 Å². The maximum absolute atomic E-state index is 14.0. The van der Waals surface area contributed by atoms with Gasteiger partial charge in [-0.05, 0) is 30.5 Å². The van der Waals surface area contributed by atoms with Crippen LogP contribution in [0.2, 0.25) is 0 Å². The van der Waals surface area contributed by atoms with Crippen LogP contribution in [0.25, 0.3) is 0 Å². The quantitative estimate of drug-likeness (QED) is 0.527. The summed E-state index contributed by atoms with van der Waals surface area (Å²) in [5.74, 6) is -0.757. The van der Waals surface area contributed by atoms with Crippen molar-refractivity contribution in [3.63, 3.8) is 0 Å². The maximum atomic E-state index is 14.0. The largest absolute Gasteiger partial charge is 0.463 e. The third kappa shape index (κ3) is 5.13. The third-order valence-electron chi connectivity index (χ3n) is 4.66. The zero-order valence-corrected chi connectivity index (χ0v) is 15.7. The number of hydrogen-bond donors (Lipinski definition) is 0. The van der Waals surface area contributed by atoms with E-state index in [9.17, 15) is 13.6 Å². The molecule has 6 nitrogen and oxygen atoms in total. The highest BCUT2D eigenvalue weighted by Crippen LogP contribution is 2.35. The van der Waals surface area contributed by atoms with Gasteiger partial charge in [-0.25, -0.2) is 18.7 Å². The zero-order valence-electron chi connectivity index (χ0n) is 15.7. The van der Waals surface area contributed by atoms with Crippen molar-refractivity contribution in [3.05, 3.63) is 65.8 Å². The highest BCUT2D eigenvalue weighted by atomic mass is 19.1. The number of nitriles is 1. The summed E-state index contributed by atoms with van der Waals surface area (Å²) >= 11 is 0. The van der Waals surface area contributed by atoms with E-state index >= 15 is 0 Å². The molecule has 29 heavy (non-hydrogen) atoms. The number of ether oxygens (including phenoxy) is 1. The van der Waals surface area contributed by atoms with Gasteiger partial charge >= 0.3 is 6.01 Å². The SMILES string of the molecule is C=C(CCCOc1ncc(C#N)cn1)C(=O)N1CC(F)CC1c1cccc(F)c1. The number of alkyl halides is 1. The van der Waals surface area contributed by atoms with Crippen molar-refractivity contribution in [2.75, 3.05) is 13.2 Å². The minimum atomic E-state index is -1.16. The molecule has 1 saturated heterocycles. The Kier molecular flexibility index (Phi) is 6.50. The van der Waals surface area contributed by atoms with Crippen LogP contribution in [0.5, 0.6) is 6.01 Å². The highest BCUT2D eigenvalue weighted by Gasteiger charge is 2.37. The van der Waals surface area contributed by atoms with E-state index in [-0.39, 0.29) is 31.5 Å². The molecule has 0 N–H and O–H groups in total. The molecule has 1 aromatic heterocycles. The molecule has 0 spiro atoms. The summed E-state index contributed by atoms with van der Waals surface area (Å²) in [6.07, 6.45) is 2.55. The number of amides is 1. The number of aromatic nitrogens is 2. The van der Waals surface area contributed by atoms with Crippen LogP contribution in [0.4, 0.5) is 8.78 Å². The smallest absolute Gasteiger partial charge is 0.316 e. The molecule has 2 heterocycles. The second-order valence-electron chi connectivity index (χ2n) is 6.78. The van der Waals surface area contributed by atoms with Crippen molar-refractivity contribution in [1.29, 1.82) is 5.26 Å². The molecular weight excluding hydrogens is 378 g/mol. The number of carbonyl (C=O) groups is 1. The Balaban J connectivity index is 1.53. The number of rotatable bonds is 7. The normalized spacial score (nSPS) is 18.3. The predicted molar refractivity (Wildman–Crippen MR) is 101 cm³/mol. The number of likely N-dealkylation sites (tertiary alicyclic amines) is 1. The molecule has 8 heteroatoms. The molecule has 1 fully saturated rings. The van der Waals surface area contributed by atoms with Gasteiger partial charge in [0.25, 0.3) is 0 Å². The van der Waals surface area contributed by atoms with E-state index in [4.69, 9.17) is 10.00 Å². The van der Waals surface area contributed by atoms with E-state index in [1.807, 2.05) is 6.07 Å². The van der Waals surface area contributed by atoms with Crippen LogP contribution in [0.15, 0.2) is 48.8 Å². The lowest BCUT2D eigenvalue weighted by atomic mass is 10.0. The van der Waals surface area contributed by atoms with Gasteiger partial charge in [-0.1, -0.05) is 18.7 Å². The Morgan fingerprint density at radius 2 is 2.14 bits per heavy atom. The number of hydrogen-bond acceptors (Lipinski definition) is 5. The van der Waals surface area contributed by atoms with Gasteiger partial charge in [0.1, 0.15) is 18.1 Å². The van der Waals surface area contributed by atoms with Crippen LogP contribution >= 0.6 is 0 Å². The first-order valence-corrected chi connectivity index (χ1v) is 9.21. The fraction of sp³-hybridized carbons (Fsp3) is 0.333. The Hall–Kier alpha value is -3.34. The van der Waals surface area contributed by atoms with Crippen LogP contribution in [0.1, 0.15) is 36.4 Å². The Labute approximate surface area is 167 Å². The Morgan fingerprint density at radius 3 is 2.83 bits per heavy atom. The Morgan fingerprint density at radius 1 is 1.38 bits per heavy atom. The summed E-state index contributed by atoms with van der Waals surface area (Å²) < 4.78 is 32.9. The fourth-order valence-corrected chi connectivity index (χ4v) is 3.25. The van der Waals surface area contributed by atoms with Gasteiger partial charge < -0.3 is 9.64 Å². The van der Waals surface area contributed by atoms with Crippen molar-refractivity contribution in [3.8, 4) is 12.1 Å². The van der Waals surface area contributed by atoms with Gasteiger partial charge in [0.05, 0.1) is 37.2 Å². The first-order valence-electron chi connectivity index (χ1n) is 9.21. The van der Waals surface area contributed by atoms with Gasteiger partial charge in [0.15, 0.2) is 0 Å². The summed E-state index contributed by atoms with van der Waals surface area (Å²) in [5, 5.41) is 8.71. The average Bonchev–Trinajstić information content (AvgIpc) is 3.12. The predicted octanol–water partition coefficient (Wildman–Crippen LogP) is 3.51. The summed E-state index contributed by atoms with van der Waals surface area (Å²) in [7, 11) is 0. The van der Waals surface area contributed by atoms with E-state index in [0.29, 0.717) is 29.5 Å². The monoisotopic (exact) mass is 398 g/mol. The second kappa shape index (κ2) is 9.24. The molecule has 1 aromatic carbocycles. The molecule has 1 aliphatic heterocycles. The summed E-state index contributed by atoms with van der Waals surface area (Å²) in [5.41, 5.74) is 1.25. The molecule has 0 radical (unpaired) electrons. The lowest BCUT2D eigenvalue weighted by Crippen LogP contribution is -2.32. The van der Waals surface area contributed by atoms with Crippen LogP contribution in [-0.4, -0.2) is 40.1 Å². The molecule has 2 aromatic rings. The van der Waals surface area contributed by atoms with Crippen LogP contribution in [0, 0.1) is 17.1 Å². The topological polar surface area (TPSA) is 79.1 Å². The molecule has 0 aliphatic carbocycles. The van der Waals surface area contributed by atoms with Gasteiger partial charge in [-0.15, -0.1) is 0 Å². The summed E-state index contributed by atoms with van der Waals surface area (Å²) in [4.78, 5) is 22.0. The average molecular weight is 398 g/mol. The molecule has 1 amide bonds. The van der Waals surface area contributed by atoms with E-state index < -0.39 is 18.0 Å². The van der Waals surface area contributed by atoms with E-state index in [1.165, 1.54) is 29.4 Å². The van der Waals surface area contributed by atoms with Crippen molar-refractivity contribution < 1.29 is 18.3 Å². The minimum Gasteiger partial charge on any atom is -0.463 e. The number of halogens is 2. The van der Waals surface area contributed by atoms with E-state index in [1.54, 1.807) is 12.1 Å². The van der Waals surface area contributed by atoms with Crippen LogP contribution in [-0.2, 0) is 4.79 Å². The van der Waals surface area contributed by atoms with Gasteiger partial charge in [0, 0.05) is 12.0 Å². The fourth-order valence-electron chi connectivity index (χ4n) is 3.25. The summed E-state index contributed by atoms with van der Waals surface area (Å²) in [6.45, 7) is 4.05. The number of benzene rings is 1. The lowest BCUT2D eigenvalue weighted by Gasteiger charge is -2.25. The Bertz CT molecular complexity index is 927. The molecular formula is C21H20F2N4O2. The van der Waals surface area contributed by atoms with E-state index in [0.717, 1.165) is 0 Å². The molecule has 1 aliphatic rings. The van der Waals surface area contributed by atoms with Gasteiger partial charge in [-0.2, -0.15) is 5.26 Å². The zero-order chi connectivity index (χ0) is 20.8. The van der Waals surface area contributed by atoms with Gasteiger partial charge in [0.2, 0.25) is 5.91 Å². The lowest BCUT2D eigenvalue weighted by molar-refractivity contribution is -0.128. The van der Waals surface area contributed by atoms with Gasteiger partial charge in [-0.3, -0.25) is 4.79 Å². The van der Waals surface area contributed by atoms with Crippen LogP contribution in [0.3, 0.4) is 0 Å². The first kappa shape index (κ1) is 20.4. The number of carbonyl (C=O) groups excluding carboxylic acids is 1. The molecule has 0 bridgehead atoms. The van der Waals surface area contributed by atoms with E-state index in [2.05, 4.69) is 16.5 Å². The second-order valence-corrected chi connectivity index (χ2v) is 6.78. The maximum Gasteiger partial charge on any atom is 0.316 e. The van der Waals surface area contributed by atoms with Crippen LogP contribution < -0.4 is 4.74 Å². The highest BCUT2D eigenvalue weighted by molar-refractivity contribution is 5.93. The molecule has 150 valence electrons. The van der Waals surface area contributed by atoms with Crippen molar-refractivity contribution in [2.45, 2.75) is 31.5 Å². The van der Waals surface area contributed by atoms with Crippen molar-refractivity contribution in [1.82, 2.24) is 14.9 Å². The summed E-state index contributed by atoms with van der Waals surface area (Å²) in [6, 6.07) is 7.44. The number of nitrogens with zero attached hydrogens (tertiary/aromatic N) is 4. The molecule has 0 saturated carbocycles. The molecule has 2 atom stereocenters. The van der Waals surface area contributed by atoms with Crippen molar-refractivity contribution in [2.24, 2.45) is 0 Å². The minimum absolute atomic E-state index is 0.0331. The molecule has 3 rings (SSSR count). The standard InChI is InChI=1S/C21H20F2N4O2/c1-14(4-3-7-29-21-25-11-15(10-24)12-26-21)20(28)27-13-18(23)9-19(27)16-5-2-6-17(22)8-16/h2,5-6,8,11-12,18-19H,1,3-4,7,9,13H2.